The standard InChI is InChI=1S/C15H28N4O/c1-2-16-15(19-13-8-9-13)17-11-10-14(20)18-12-6-4-3-5-7-12/h12-13H,2-11H2,1H3,(H,18,20)(H2,16,17,19). The van der Waals surface area contributed by atoms with Crippen molar-refractivity contribution in [2.24, 2.45) is 4.99 Å². The Morgan fingerprint density at radius 3 is 2.40 bits per heavy atom. The summed E-state index contributed by atoms with van der Waals surface area (Å²) >= 11 is 0. The Hall–Kier alpha value is -1.26. The van der Waals surface area contributed by atoms with E-state index >= 15 is 0 Å². The van der Waals surface area contributed by atoms with E-state index in [4.69, 9.17) is 0 Å². The maximum Gasteiger partial charge on any atom is 0.222 e. The van der Waals surface area contributed by atoms with Crippen LogP contribution in [0, 0.1) is 0 Å². The topological polar surface area (TPSA) is 65.5 Å². The van der Waals surface area contributed by atoms with Crippen molar-refractivity contribution >= 4 is 11.9 Å². The van der Waals surface area contributed by atoms with E-state index in [9.17, 15) is 4.79 Å². The van der Waals surface area contributed by atoms with Gasteiger partial charge in [-0.15, -0.1) is 0 Å². The fourth-order valence-electron chi connectivity index (χ4n) is 2.56. The number of guanidine groups is 1. The molecule has 2 rings (SSSR count). The van der Waals surface area contributed by atoms with Crippen LogP contribution in [-0.2, 0) is 4.79 Å². The Kier molecular flexibility index (Phi) is 6.15. The molecule has 0 atom stereocenters. The summed E-state index contributed by atoms with van der Waals surface area (Å²) in [6.07, 6.45) is 9.03. The first kappa shape index (κ1) is 15.1. The first-order chi connectivity index (χ1) is 9.78. The molecule has 0 aromatic carbocycles. The Balaban J connectivity index is 1.65. The minimum atomic E-state index is 0.142. The molecule has 20 heavy (non-hydrogen) atoms. The van der Waals surface area contributed by atoms with Gasteiger partial charge >= 0.3 is 0 Å². The molecule has 0 unspecified atom stereocenters. The van der Waals surface area contributed by atoms with E-state index in [1.807, 2.05) is 0 Å². The lowest BCUT2D eigenvalue weighted by atomic mass is 9.95. The Morgan fingerprint density at radius 1 is 1.05 bits per heavy atom. The summed E-state index contributed by atoms with van der Waals surface area (Å²) in [5.74, 6) is 0.989. The SMILES string of the molecule is CCNC(=NCCC(=O)NC1CCCCC1)NC1CC1. The molecule has 2 aliphatic carbocycles. The Morgan fingerprint density at radius 2 is 1.75 bits per heavy atom. The predicted molar refractivity (Wildman–Crippen MR) is 81.8 cm³/mol. The summed E-state index contributed by atoms with van der Waals surface area (Å²) in [6, 6.07) is 0.988. The molecule has 2 saturated carbocycles. The smallest absolute Gasteiger partial charge is 0.222 e. The maximum atomic E-state index is 11.9. The van der Waals surface area contributed by atoms with Crippen molar-refractivity contribution in [1.82, 2.24) is 16.0 Å². The van der Waals surface area contributed by atoms with Gasteiger partial charge in [-0.25, -0.2) is 0 Å². The zero-order chi connectivity index (χ0) is 14.2. The summed E-state index contributed by atoms with van der Waals surface area (Å²) in [5, 5.41) is 9.70. The summed E-state index contributed by atoms with van der Waals surface area (Å²) in [5.41, 5.74) is 0. The number of rotatable bonds is 6. The molecule has 3 N–H and O–H groups in total. The lowest BCUT2D eigenvalue weighted by molar-refractivity contribution is -0.121. The molecule has 0 radical (unpaired) electrons. The van der Waals surface area contributed by atoms with Crippen molar-refractivity contribution in [1.29, 1.82) is 0 Å². The highest BCUT2D eigenvalue weighted by molar-refractivity contribution is 5.81. The average Bonchev–Trinajstić information content (AvgIpc) is 3.24. The molecule has 2 aliphatic rings. The maximum absolute atomic E-state index is 11.9. The van der Waals surface area contributed by atoms with Crippen molar-refractivity contribution in [3.63, 3.8) is 0 Å². The molecule has 5 nitrogen and oxygen atoms in total. The normalized spacial score (nSPS) is 20.6. The second kappa shape index (κ2) is 8.12. The fraction of sp³-hybridized carbons (Fsp3) is 0.867. The number of amides is 1. The minimum Gasteiger partial charge on any atom is -0.357 e. The van der Waals surface area contributed by atoms with Gasteiger partial charge in [0.15, 0.2) is 5.96 Å². The number of nitrogens with zero attached hydrogens (tertiary/aromatic N) is 1. The van der Waals surface area contributed by atoms with Crippen LogP contribution in [0.3, 0.4) is 0 Å². The van der Waals surface area contributed by atoms with Crippen LogP contribution in [0.5, 0.6) is 0 Å². The van der Waals surface area contributed by atoms with Crippen LogP contribution in [0.1, 0.15) is 58.3 Å². The zero-order valence-corrected chi connectivity index (χ0v) is 12.6. The number of nitrogens with one attached hydrogen (secondary N) is 3. The molecule has 0 aromatic heterocycles. The molecule has 0 saturated heterocycles. The van der Waals surface area contributed by atoms with E-state index in [0.717, 1.165) is 25.3 Å². The summed E-state index contributed by atoms with van der Waals surface area (Å²) in [6.45, 7) is 3.47. The van der Waals surface area contributed by atoms with Crippen LogP contribution in [0.2, 0.25) is 0 Å². The molecule has 114 valence electrons. The van der Waals surface area contributed by atoms with Gasteiger partial charge < -0.3 is 16.0 Å². The second-order valence-corrected chi connectivity index (χ2v) is 5.83. The third-order valence-corrected chi connectivity index (χ3v) is 3.84. The number of carbonyl (C=O) groups excluding carboxylic acids is 1. The lowest BCUT2D eigenvalue weighted by Gasteiger charge is -2.22. The van der Waals surface area contributed by atoms with Crippen LogP contribution >= 0.6 is 0 Å². The van der Waals surface area contributed by atoms with Crippen molar-refractivity contribution in [3.05, 3.63) is 0 Å². The molecule has 0 bridgehead atoms. The lowest BCUT2D eigenvalue weighted by Crippen LogP contribution is -2.39. The van der Waals surface area contributed by atoms with E-state index < -0.39 is 0 Å². The minimum absolute atomic E-state index is 0.142. The van der Waals surface area contributed by atoms with E-state index in [-0.39, 0.29) is 5.91 Å². The van der Waals surface area contributed by atoms with Gasteiger partial charge in [0.25, 0.3) is 0 Å². The van der Waals surface area contributed by atoms with Gasteiger partial charge in [-0.1, -0.05) is 19.3 Å². The van der Waals surface area contributed by atoms with Gasteiger partial charge in [-0.2, -0.15) is 0 Å². The molecular weight excluding hydrogens is 252 g/mol. The highest BCUT2D eigenvalue weighted by atomic mass is 16.1. The molecule has 0 spiro atoms. The first-order valence-corrected chi connectivity index (χ1v) is 8.12. The molecule has 2 fully saturated rings. The molecule has 1 amide bonds. The Bertz CT molecular complexity index is 333. The monoisotopic (exact) mass is 280 g/mol. The Labute approximate surface area is 122 Å². The van der Waals surface area contributed by atoms with Crippen molar-refractivity contribution in [3.8, 4) is 0 Å². The second-order valence-electron chi connectivity index (χ2n) is 5.83. The van der Waals surface area contributed by atoms with Crippen LogP contribution < -0.4 is 16.0 Å². The van der Waals surface area contributed by atoms with Crippen LogP contribution in [0.15, 0.2) is 4.99 Å². The molecule has 0 heterocycles. The van der Waals surface area contributed by atoms with Gasteiger partial charge in [0.05, 0.1) is 6.54 Å². The highest BCUT2D eigenvalue weighted by Gasteiger charge is 2.22. The van der Waals surface area contributed by atoms with Gasteiger partial charge in [-0.05, 0) is 32.6 Å². The third kappa shape index (κ3) is 5.80. The fourth-order valence-corrected chi connectivity index (χ4v) is 2.56. The third-order valence-electron chi connectivity index (χ3n) is 3.84. The van der Waals surface area contributed by atoms with E-state index in [1.54, 1.807) is 0 Å². The van der Waals surface area contributed by atoms with E-state index in [0.29, 0.717) is 25.0 Å². The quantitative estimate of drug-likeness (QED) is 0.511. The van der Waals surface area contributed by atoms with Crippen LogP contribution in [0.4, 0.5) is 0 Å². The van der Waals surface area contributed by atoms with Gasteiger partial charge in [0.1, 0.15) is 0 Å². The summed E-state index contributed by atoms with van der Waals surface area (Å²) < 4.78 is 0. The van der Waals surface area contributed by atoms with Gasteiger partial charge in [0, 0.05) is 25.0 Å². The van der Waals surface area contributed by atoms with Crippen LogP contribution in [-0.4, -0.2) is 37.0 Å². The zero-order valence-electron chi connectivity index (χ0n) is 12.6. The van der Waals surface area contributed by atoms with E-state index in [2.05, 4.69) is 27.9 Å². The molecule has 0 aliphatic heterocycles. The first-order valence-electron chi connectivity index (χ1n) is 8.12. The summed E-state index contributed by atoms with van der Waals surface area (Å²) in [4.78, 5) is 16.3. The van der Waals surface area contributed by atoms with Crippen LogP contribution in [0.25, 0.3) is 0 Å². The average molecular weight is 280 g/mol. The van der Waals surface area contributed by atoms with Crippen molar-refractivity contribution < 1.29 is 4.79 Å². The van der Waals surface area contributed by atoms with Crippen molar-refractivity contribution in [2.75, 3.05) is 13.1 Å². The van der Waals surface area contributed by atoms with E-state index in [1.165, 1.54) is 32.1 Å². The molecular formula is C15H28N4O. The molecule has 0 aromatic rings. The van der Waals surface area contributed by atoms with Gasteiger partial charge in [-0.3, -0.25) is 9.79 Å². The number of hydrogen-bond acceptors (Lipinski definition) is 2. The summed E-state index contributed by atoms with van der Waals surface area (Å²) in [7, 11) is 0. The van der Waals surface area contributed by atoms with Crippen molar-refractivity contribution in [2.45, 2.75) is 70.4 Å². The largest absolute Gasteiger partial charge is 0.357 e. The highest BCUT2D eigenvalue weighted by Crippen LogP contribution is 2.18. The number of aliphatic imine (C=N–C) groups is 1. The predicted octanol–water partition coefficient (Wildman–Crippen LogP) is 1.54. The molecule has 5 heteroatoms. The van der Waals surface area contributed by atoms with Gasteiger partial charge in [0.2, 0.25) is 5.91 Å². The number of hydrogen-bond donors (Lipinski definition) is 3. The number of carbonyl (C=O) groups is 1.